The number of ether oxygens (including phenoxy) is 1. The summed E-state index contributed by atoms with van der Waals surface area (Å²) in [5.41, 5.74) is 0. The van der Waals surface area contributed by atoms with Gasteiger partial charge in [-0.2, -0.15) is 0 Å². The number of rotatable bonds is 7. The van der Waals surface area contributed by atoms with Gasteiger partial charge in [0, 0.05) is 27.1 Å². The van der Waals surface area contributed by atoms with Gasteiger partial charge in [0.2, 0.25) is 11.8 Å². The number of methoxy groups -OCH3 is 1. The molecule has 0 aromatic rings. The lowest BCUT2D eigenvalue weighted by molar-refractivity contribution is -0.125. The van der Waals surface area contributed by atoms with Crippen LogP contribution in [0.3, 0.4) is 0 Å². The zero-order valence-corrected chi connectivity index (χ0v) is 10.4. The van der Waals surface area contributed by atoms with Gasteiger partial charge in [-0.3, -0.25) is 9.59 Å². The molecule has 0 rings (SSSR count). The van der Waals surface area contributed by atoms with E-state index in [-0.39, 0.29) is 24.5 Å². The maximum absolute atomic E-state index is 11.2. The van der Waals surface area contributed by atoms with E-state index < -0.39 is 0 Å². The van der Waals surface area contributed by atoms with Crippen LogP contribution >= 0.6 is 0 Å². The summed E-state index contributed by atoms with van der Waals surface area (Å²) in [6.07, 6.45) is 0. The number of nitrogens with one attached hydrogen (secondary N) is 2. The van der Waals surface area contributed by atoms with E-state index >= 15 is 0 Å². The topological polar surface area (TPSA) is 70.7 Å². The second-order valence-corrected chi connectivity index (χ2v) is 3.90. The van der Waals surface area contributed by atoms with Crippen molar-refractivity contribution >= 4 is 11.8 Å². The van der Waals surface area contributed by atoms with Gasteiger partial charge in [-0.15, -0.1) is 0 Å². The third-order valence-corrected chi connectivity index (χ3v) is 1.81. The van der Waals surface area contributed by atoms with Crippen molar-refractivity contribution in [2.45, 2.75) is 13.0 Å². The summed E-state index contributed by atoms with van der Waals surface area (Å²) < 4.78 is 4.69. The van der Waals surface area contributed by atoms with Crippen molar-refractivity contribution in [1.29, 1.82) is 0 Å². The molecule has 94 valence electrons. The van der Waals surface area contributed by atoms with Gasteiger partial charge >= 0.3 is 0 Å². The fraction of sp³-hybridized carbons (Fsp3) is 0.800. The molecule has 0 aromatic carbocycles. The minimum absolute atomic E-state index is 0.0365. The van der Waals surface area contributed by atoms with E-state index in [2.05, 4.69) is 15.4 Å². The quantitative estimate of drug-likeness (QED) is 0.578. The van der Waals surface area contributed by atoms with Crippen LogP contribution in [0.25, 0.3) is 0 Å². The van der Waals surface area contributed by atoms with E-state index in [0.717, 1.165) is 0 Å². The van der Waals surface area contributed by atoms with Gasteiger partial charge in [-0.1, -0.05) is 0 Å². The molecular formula is C10H21N3O3. The Bertz CT molecular complexity index is 231. The second kappa shape index (κ2) is 8.06. The largest absolute Gasteiger partial charge is 0.375 e. The van der Waals surface area contributed by atoms with Crippen LogP contribution in [0.5, 0.6) is 0 Å². The van der Waals surface area contributed by atoms with E-state index in [1.54, 1.807) is 0 Å². The van der Waals surface area contributed by atoms with Crippen molar-refractivity contribution in [1.82, 2.24) is 15.5 Å². The van der Waals surface area contributed by atoms with Crippen molar-refractivity contribution in [2.75, 3.05) is 40.9 Å². The predicted octanol–water partition coefficient (Wildman–Crippen LogP) is -1.18. The van der Waals surface area contributed by atoms with Crippen LogP contribution in [0.4, 0.5) is 0 Å². The molecule has 0 spiro atoms. The second-order valence-electron chi connectivity index (χ2n) is 3.90. The molecule has 0 saturated heterocycles. The Morgan fingerprint density at radius 3 is 2.44 bits per heavy atom. The summed E-state index contributed by atoms with van der Waals surface area (Å²) in [6, 6.07) is -0.0895. The highest BCUT2D eigenvalue weighted by Gasteiger charge is 2.12. The SMILES string of the molecule is COCC(=O)NC[C@H](CN(C)C)NC(C)=O. The van der Waals surface area contributed by atoms with Gasteiger partial charge in [0.15, 0.2) is 0 Å². The maximum atomic E-state index is 11.2. The van der Waals surface area contributed by atoms with E-state index in [9.17, 15) is 9.59 Å². The average molecular weight is 231 g/mol. The normalized spacial score (nSPS) is 12.3. The number of hydrogen-bond acceptors (Lipinski definition) is 4. The number of nitrogens with zero attached hydrogens (tertiary/aromatic N) is 1. The number of carbonyl (C=O) groups excluding carboxylic acids is 2. The Balaban J connectivity index is 4.00. The minimum Gasteiger partial charge on any atom is -0.375 e. The average Bonchev–Trinajstić information content (AvgIpc) is 2.13. The van der Waals surface area contributed by atoms with Crippen LogP contribution in [0.2, 0.25) is 0 Å². The first-order valence-electron chi connectivity index (χ1n) is 5.13. The molecule has 0 saturated carbocycles. The van der Waals surface area contributed by atoms with E-state index in [1.807, 2.05) is 19.0 Å². The highest BCUT2D eigenvalue weighted by atomic mass is 16.5. The summed E-state index contributed by atoms with van der Waals surface area (Å²) in [5, 5.41) is 5.46. The zero-order valence-electron chi connectivity index (χ0n) is 10.4. The summed E-state index contributed by atoms with van der Waals surface area (Å²) in [5.74, 6) is -0.288. The van der Waals surface area contributed by atoms with Gasteiger partial charge in [-0.25, -0.2) is 0 Å². The monoisotopic (exact) mass is 231 g/mol. The smallest absolute Gasteiger partial charge is 0.246 e. The van der Waals surface area contributed by atoms with E-state index in [1.165, 1.54) is 14.0 Å². The van der Waals surface area contributed by atoms with Crippen LogP contribution in [0.1, 0.15) is 6.92 Å². The van der Waals surface area contributed by atoms with Crippen molar-refractivity contribution in [3.05, 3.63) is 0 Å². The lowest BCUT2D eigenvalue weighted by Crippen LogP contribution is -2.48. The summed E-state index contributed by atoms with van der Waals surface area (Å²) in [7, 11) is 5.28. The van der Waals surface area contributed by atoms with Crippen LogP contribution in [-0.4, -0.2) is 63.7 Å². The molecular weight excluding hydrogens is 210 g/mol. The molecule has 0 aliphatic heterocycles. The standard InChI is InChI=1S/C10H21N3O3/c1-8(14)12-9(6-13(2)3)5-11-10(15)7-16-4/h9H,5-7H2,1-4H3,(H,11,15)(H,12,14)/t9-/m1/s1. The summed E-state index contributed by atoms with van der Waals surface area (Å²) >= 11 is 0. The molecule has 0 aliphatic rings. The molecule has 0 bridgehead atoms. The molecule has 0 fully saturated rings. The van der Waals surface area contributed by atoms with Crippen LogP contribution in [0.15, 0.2) is 0 Å². The minimum atomic E-state index is -0.184. The Morgan fingerprint density at radius 2 is 2.00 bits per heavy atom. The Labute approximate surface area is 96.3 Å². The van der Waals surface area contributed by atoms with Crippen LogP contribution < -0.4 is 10.6 Å². The summed E-state index contributed by atoms with van der Waals surface area (Å²) in [4.78, 5) is 24.0. The van der Waals surface area contributed by atoms with Gasteiger partial charge in [0.05, 0.1) is 6.04 Å². The lowest BCUT2D eigenvalue weighted by Gasteiger charge is -2.22. The molecule has 6 heteroatoms. The molecule has 0 aliphatic carbocycles. The first-order chi connectivity index (χ1) is 7.45. The fourth-order valence-electron chi connectivity index (χ4n) is 1.31. The molecule has 2 N–H and O–H groups in total. The molecule has 0 unspecified atom stereocenters. The van der Waals surface area contributed by atoms with Crippen molar-refractivity contribution in [3.8, 4) is 0 Å². The fourth-order valence-corrected chi connectivity index (χ4v) is 1.31. The first-order valence-corrected chi connectivity index (χ1v) is 5.13. The molecule has 16 heavy (non-hydrogen) atoms. The molecule has 0 aromatic heterocycles. The number of carbonyl (C=O) groups is 2. The van der Waals surface area contributed by atoms with E-state index in [0.29, 0.717) is 13.1 Å². The highest BCUT2D eigenvalue weighted by molar-refractivity contribution is 5.77. The Morgan fingerprint density at radius 1 is 1.38 bits per heavy atom. The van der Waals surface area contributed by atoms with Crippen molar-refractivity contribution in [2.24, 2.45) is 0 Å². The zero-order chi connectivity index (χ0) is 12.6. The molecule has 2 amide bonds. The van der Waals surface area contributed by atoms with Crippen LogP contribution in [-0.2, 0) is 14.3 Å². The van der Waals surface area contributed by atoms with Gasteiger partial charge in [0.1, 0.15) is 6.61 Å². The third kappa shape index (κ3) is 8.19. The maximum Gasteiger partial charge on any atom is 0.246 e. The summed E-state index contributed by atoms with van der Waals surface area (Å²) in [6.45, 7) is 2.57. The highest BCUT2D eigenvalue weighted by Crippen LogP contribution is 1.86. The van der Waals surface area contributed by atoms with Crippen molar-refractivity contribution < 1.29 is 14.3 Å². The molecule has 0 radical (unpaired) electrons. The molecule has 0 heterocycles. The van der Waals surface area contributed by atoms with Crippen molar-refractivity contribution in [3.63, 3.8) is 0 Å². The number of amides is 2. The number of likely N-dealkylation sites (N-methyl/N-ethyl adjacent to an activating group) is 1. The Kier molecular flexibility index (Phi) is 7.49. The van der Waals surface area contributed by atoms with Gasteiger partial charge < -0.3 is 20.3 Å². The first kappa shape index (κ1) is 14.9. The third-order valence-electron chi connectivity index (χ3n) is 1.81. The van der Waals surface area contributed by atoms with Gasteiger partial charge in [0.25, 0.3) is 0 Å². The lowest BCUT2D eigenvalue weighted by atomic mass is 10.2. The van der Waals surface area contributed by atoms with Crippen LogP contribution in [0, 0.1) is 0 Å². The van der Waals surface area contributed by atoms with E-state index in [4.69, 9.17) is 0 Å². The van der Waals surface area contributed by atoms with Gasteiger partial charge in [-0.05, 0) is 14.1 Å². The number of hydrogen-bond donors (Lipinski definition) is 2. The predicted molar refractivity (Wildman–Crippen MR) is 61.0 cm³/mol. The molecule has 6 nitrogen and oxygen atoms in total. The Hall–Kier alpha value is -1.14. The molecule has 1 atom stereocenters.